The van der Waals surface area contributed by atoms with E-state index < -0.39 is 12.1 Å². The maximum Gasteiger partial charge on any atom is 0.490 e. The first-order chi connectivity index (χ1) is 13.9. The molecule has 3 rings (SSSR count). The van der Waals surface area contributed by atoms with Crippen molar-refractivity contribution < 1.29 is 37.7 Å². The summed E-state index contributed by atoms with van der Waals surface area (Å²) in [5, 5.41) is 16.7. The van der Waals surface area contributed by atoms with Crippen molar-refractivity contribution in [3.8, 4) is 5.75 Å². The molecule has 1 aromatic rings. The van der Waals surface area contributed by atoms with Crippen LogP contribution in [0.25, 0.3) is 0 Å². The first-order valence-corrected chi connectivity index (χ1v) is 9.66. The first kappa shape index (κ1) is 23.8. The summed E-state index contributed by atoms with van der Waals surface area (Å²) in [6.45, 7) is 8.81. The maximum absolute atomic E-state index is 11.7. The van der Waals surface area contributed by atoms with Gasteiger partial charge >= 0.3 is 18.1 Å². The second-order valence-corrected chi connectivity index (χ2v) is 8.06. The van der Waals surface area contributed by atoms with E-state index in [9.17, 15) is 23.1 Å². The molecule has 30 heavy (non-hydrogen) atoms. The number of carbonyl (C=O) groups is 2. The Hall–Kier alpha value is -2.49. The number of benzene rings is 1. The van der Waals surface area contributed by atoms with Gasteiger partial charge in [-0.3, -0.25) is 9.69 Å². The summed E-state index contributed by atoms with van der Waals surface area (Å²) in [6.07, 6.45) is -3.27. The monoisotopic (exact) mass is 432 g/mol. The molecule has 0 aliphatic carbocycles. The summed E-state index contributed by atoms with van der Waals surface area (Å²) < 4.78 is 37.2. The molecule has 2 N–H and O–H groups in total. The predicted molar refractivity (Wildman–Crippen MR) is 103 cm³/mol. The normalized spacial score (nSPS) is 21.6. The van der Waals surface area contributed by atoms with Crippen LogP contribution in [0.1, 0.15) is 26.7 Å². The van der Waals surface area contributed by atoms with Gasteiger partial charge in [0, 0.05) is 44.5 Å². The first-order valence-electron chi connectivity index (χ1n) is 9.66. The molecule has 2 fully saturated rings. The minimum Gasteiger partial charge on any atom is -0.508 e. The van der Waals surface area contributed by atoms with Gasteiger partial charge in [-0.2, -0.15) is 13.2 Å². The number of aliphatic carboxylic acids is 1. The highest BCUT2D eigenvalue weighted by Gasteiger charge is 2.41. The fraction of sp³-hybridized carbons (Fsp3) is 0.600. The summed E-state index contributed by atoms with van der Waals surface area (Å²) in [5.41, 5.74) is 0.759. The molecular weight excluding hydrogens is 405 g/mol. The minimum atomic E-state index is -5.08. The number of carboxylic acids is 1. The molecule has 2 aliphatic heterocycles. The number of ether oxygens (including phenoxy) is 1. The van der Waals surface area contributed by atoms with Gasteiger partial charge in [0.1, 0.15) is 11.9 Å². The Morgan fingerprint density at radius 2 is 1.83 bits per heavy atom. The third kappa shape index (κ3) is 6.79. The summed E-state index contributed by atoms with van der Waals surface area (Å²) in [6, 6.07) is 7.43. The highest BCUT2D eigenvalue weighted by molar-refractivity contribution is 5.78. The van der Waals surface area contributed by atoms with Gasteiger partial charge in [0.05, 0.1) is 5.41 Å². The van der Waals surface area contributed by atoms with E-state index >= 15 is 0 Å². The van der Waals surface area contributed by atoms with Crippen LogP contribution in [0.3, 0.4) is 0 Å². The van der Waals surface area contributed by atoms with E-state index in [1.165, 1.54) is 0 Å². The van der Waals surface area contributed by atoms with Crippen LogP contribution in [0.2, 0.25) is 0 Å². The SMILES string of the molecule is CC1(C)C[C@H](CCN2CCN(c3cccc(O)c3)CC2)OC1=O.O=C(O)C(F)(F)F. The van der Waals surface area contributed by atoms with E-state index in [-0.39, 0.29) is 17.5 Å². The molecule has 10 heteroatoms. The number of nitrogens with zero attached hydrogens (tertiary/aromatic N) is 2. The smallest absolute Gasteiger partial charge is 0.490 e. The number of halogens is 3. The van der Waals surface area contributed by atoms with Crippen LogP contribution < -0.4 is 4.90 Å². The lowest BCUT2D eigenvalue weighted by Gasteiger charge is -2.36. The lowest BCUT2D eigenvalue weighted by atomic mass is 9.89. The number of hydrogen-bond acceptors (Lipinski definition) is 6. The van der Waals surface area contributed by atoms with E-state index in [0.717, 1.165) is 51.3 Å². The average molecular weight is 432 g/mol. The number of phenols is 1. The van der Waals surface area contributed by atoms with Gasteiger partial charge in [0.2, 0.25) is 0 Å². The molecule has 2 aliphatic rings. The van der Waals surface area contributed by atoms with Crippen LogP contribution in [0.15, 0.2) is 24.3 Å². The number of esters is 1. The molecule has 0 bridgehead atoms. The van der Waals surface area contributed by atoms with Gasteiger partial charge in [-0.1, -0.05) is 6.07 Å². The Balaban J connectivity index is 0.000000396. The molecular formula is C20H27F3N2O5. The maximum atomic E-state index is 11.7. The van der Waals surface area contributed by atoms with Gasteiger partial charge in [-0.15, -0.1) is 0 Å². The molecule has 0 amide bonds. The fourth-order valence-electron chi connectivity index (χ4n) is 3.41. The largest absolute Gasteiger partial charge is 0.508 e. The van der Waals surface area contributed by atoms with Crippen LogP contribution in [-0.4, -0.2) is 72.1 Å². The molecule has 2 saturated heterocycles. The van der Waals surface area contributed by atoms with Crippen LogP contribution in [0.5, 0.6) is 5.75 Å². The number of carboxylic acid groups (broad SMARTS) is 1. The van der Waals surface area contributed by atoms with Crippen LogP contribution in [-0.2, 0) is 14.3 Å². The van der Waals surface area contributed by atoms with Crippen molar-refractivity contribution in [2.24, 2.45) is 5.41 Å². The predicted octanol–water partition coefficient (Wildman–Crippen LogP) is 2.88. The van der Waals surface area contributed by atoms with Crippen molar-refractivity contribution in [3.63, 3.8) is 0 Å². The molecule has 7 nitrogen and oxygen atoms in total. The second kappa shape index (κ2) is 9.55. The van der Waals surface area contributed by atoms with Gasteiger partial charge in [0.25, 0.3) is 0 Å². The number of alkyl halides is 3. The number of rotatable bonds is 4. The molecule has 0 radical (unpaired) electrons. The van der Waals surface area contributed by atoms with Crippen LogP contribution in [0, 0.1) is 5.41 Å². The Morgan fingerprint density at radius 3 is 2.30 bits per heavy atom. The van der Waals surface area contributed by atoms with Gasteiger partial charge in [-0.25, -0.2) is 4.79 Å². The molecule has 0 aromatic heterocycles. The summed E-state index contributed by atoms with van der Waals surface area (Å²) in [7, 11) is 0. The zero-order valence-corrected chi connectivity index (χ0v) is 17.0. The van der Waals surface area contributed by atoms with E-state index in [4.69, 9.17) is 14.6 Å². The van der Waals surface area contributed by atoms with Crippen molar-refractivity contribution in [2.45, 2.75) is 39.0 Å². The van der Waals surface area contributed by atoms with Crippen molar-refractivity contribution in [1.82, 2.24) is 4.90 Å². The summed E-state index contributed by atoms with van der Waals surface area (Å²) in [5.74, 6) is -2.50. The van der Waals surface area contributed by atoms with Gasteiger partial charge in [-0.05, 0) is 38.8 Å². The molecule has 0 spiro atoms. The zero-order chi connectivity index (χ0) is 22.5. The molecule has 1 atom stereocenters. The van der Waals surface area contributed by atoms with E-state index in [1.807, 2.05) is 32.0 Å². The standard InChI is InChI=1S/C18H26N2O3.C2HF3O2/c1-18(2)13-16(23-17(18)22)6-7-19-8-10-20(11-9-19)14-4-3-5-15(21)12-14;3-2(4,5)1(6)7/h3-5,12,16,21H,6-11,13H2,1-2H3;(H,6,7)/t16-;/m0./s1. The average Bonchev–Trinajstić information content (AvgIpc) is 2.92. The molecule has 1 aromatic carbocycles. The molecule has 168 valence electrons. The number of aromatic hydroxyl groups is 1. The van der Waals surface area contributed by atoms with E-state index in [0.29, 0.717) is 5.75 Å². The minimum absolute atomic E-state index is 0.0591. The lowest BCUT2D eigenvalue weighted by molar-refractivity contribution is -0.192. The third-order valence-electron chi connectivity index (χ3n) is 5.14. The number of piperazine rings is 1. The van der Waals surface area contributed by atoms with Crippen molar-refractivity contribution >= 4 is 17.6 Å². The van der Waals surface area contributed by atoms with Gasteiger partial charge in [0.15, 0.2) is 0 Å². The Morgan fingerprint density at radius 1 is 1.23 bits per heavy atom. The van der Waals surface area contributed by atoms with Crippen molar-refractivity contribution in [1.29, 1.82) is 0 Å². The lowest BCUT2D eigenvalue weighted by Crippen LogP contribution is -2.47. The number of hydrogen-bond donors (Lipinski definition) is 2. The Kier molecular flexibility index (Phi) is 7.57. The topological polar surface area (TPSA) is 90.3 Å². The molecule has 0 unspecified atom stereocenters. The Labute approximate surface area is 173 Å². The highest BCUT2D eigenvalue weighted by atomic mass is 19.4. The molecule has 0 saturated carbocycles. The number of phenolic OH excluding ortho intramolecular Hbond substituents is 1. The third-order valence-corrected chi connectivity index (χ3v) is 5.14. The van der Waals surface area contributed by atoms with Crippen molar-refractivity contribution in [2.75, 3.05) is 37.6 Å². The van der Waals surface area contributed by atoms with Crippen LogP contribution >= 0.6 is 0 Å². The number of carbonyl (C=O) groups excluding carboxylic acids is 1. The van der Waals surface area contributed by atoms with Crippen LogP contribution in [0.4, 0.5) is 18.9 Å². The fourth-order valence-corrected chi connectivity index (χ4v) is 3.41. The summed E-state index contributed by atoms with van der Waals surface area (Å²) >= 11 is 0. The van der Waals surface area contributed by atoms with E-state index in [2.05, 4.69) is 9.80 Å². The number of anilines is 1. The number of cyclic esters (lactones) is 1. The summed E-state index contributed by atoms with van der Waals surface area (Å²) in [4.78, 5) is 25.3. The second-order valence-electron chi connectivity index (χ2n) is 8.06. The Bertz CT molecular complexity index is 746. The van der Waals surface area contributed by atoms with Crippen molar-refractivity contribution in [3.05, 3.63) is 24.3 Å². The zero-order valence-electron chi connectivity index (χ0n) is 17.0. The quantitative estimate of drug-likeness (QED) is 0.707. The highest BCUT2D eigenvalue weighted by Crippen LogP contribution is 2.34. The van der Waals surface area contributed by atoms with Gasteiger partial charge < -0.3 is 19.8 Å². The van der Waals surface area contributed by atoms with E-state index in [1.54, 1.807) is 6.07 Å². The molecule has 2 heterocycles.